The molecule has 1 aromatic carbocycles. The second-order valence-electron chi connectivity index (χ2n) is 5.56. The highest BCUT2D eigenvalue weighted by atomic mass is 32.1. The van der Waals surface area contributed by atoms with Gasteiger partial charge >= 0.3 is 6.03 Å². The first-order valence-corrected chi connectivity index (χ1v) is 8.35. The molecular formula is C17H22N2O3S. The zero-order chi connectivity index (χ0) is 16.7. The fraction of sp³-hybridized carbons (Fsp3) is 0.353. The van der Waals surface area contributed by atoms with Crippen molar-refractivity contribution >= 4 is 17.4 Å². The molecule has 2 unspecified atom stereocenters. The molecule has 0 spiro atoms. The molecule has 23 heavy (non-hydrogen) atoms. The third kappa shape index (κ3) is 5.58. The van der Waals surface area contributed by atoms with Crippen LogP contribution >= 0.6 is 11.3 Å². The molecule has 0 aliphatic heterocycles. The number of nitrogens with one attached hydrogen (secondary N) is 2. The van der Waals surface area contributed by atoms with Crippen molar-refractivity contribution in [3.8, 4) is 5.75 Å². The summed E-state index contributed by atoms with van der Waals surface area (Å²) in [6.07, 6.45) is -0.152. The van der Waals surface area contributed by atoms with Gasteiger partial charge in [-0.05, 0) is 37.4 Å². The first-order valence-electron chi connectivity index (χ1n) is 7.47. The number of hydrogen-bond acceptors (Lipinski definition) is 4. The number of aliphatic hydroxyl groups is 1. The highest BCUT2D eigenvalue weighted by molar-refractivity contribution is 7.10. The molecule has 1 heterocycles. The first kappa shape index (κ1) is 17.3. The Hall–Kier alpha value is -2.05. The summed E-state index contributed by atoms with van der Waals surface area (Å²) >= 11 is 1.46. The number of ether oxygens (including phenoxy) is 1. The van der Waals surface area contributed by atoms with E-state index in [1.165, 1.54) is 11.3 Å². The number of amides is 2. The lowest BCUT2D eigenvalue weighted by Gasteiger charge is -2.22. The third-order valence-electron chi connectivity index (χ3n) is 3.28. The predicted molar refractivity (Wildman–Crippen MR) is 91.8 cm³/mol. The van der Waals surface area contributed by atoms with Crippen molar-refractivity contribution in [2.45, 2.75) is 25.6 Å². The van der Waals surface area contributed by atoms with Crippen molar-refractivity contribution in [3.63, 3.8) is 0 Å². The Balaban J connectivity index is 1.71. The second kappa shape index (κ2) is 7.99. The average Bonchev–Trinajstić information content (AvgIpc) is 3.07. The minimum atomic E-state index is -1.07. The summed E-state index contributed by atoms with van der Waals surface area (Å²) in [7, 11) is 0. The molecule has 2 aromatic rings. The van der Waals surface area contributed by atoms with E-state index in [1.54, 1.807) is 6.92 Å². The van der Waals surface area contributed by atoms with E-state index in [2.05, 4.69) is 10.6 Å². The molecule has 6 heteroatoms. The van der Waals surface area contributed by atoms with Gasteiger partial charge in [0.25, 0.3) is 0 Å². The number of benzene rings is 1. The van der Waals surface area contributed by atoms with Crippen molar-refractivity contribution in [3.05, 3.63) is 52.7 Å². The molecule has 0 fully saturated rings. The second-order valence-corrected chi connectivity index (χ2v) is 6.50. The van der Waals surface area contributed by atoms with Crippen molar-refractivity contribution in [2.75, 3.05) is 13.1 Å². The van der Waals surface area contributed by atoms with E-state index in [0.717, 1.165) is 10.6 Å². The molecule has 0 saturated carbocycles. The number of urea groups is 1. The van der Waals surface area contributed by atoms with Crippen LogP contribution in [0, 0.1) is 0 Å². The van der Waals surface area contributed by atoms with Gasteiger partial charge in [0, 0.05) is 4.88 Å². The van der Waals surface area contributed by atoms with Crippen molar-refractivity contribution in [2.24, 2.45) is 0 Å². The number of hydrogen-bond donors (Lipinski definition) is 3. The van der Waals surface area contributed by atoms with Gasteiger partial charge in [-0.2, -0.15) is 0 Å². The van der Waals surface area contributed by atoms with Gasteiger partial charge in [-0.1, -0.05) is 24.3 Å². The maximum atomic E-state index is 11.8. The summed E-state index contributed by atoms with van der Waals surface area (Å²) in [5.41, 5.74) is -1.07. The highest BCUT2D eigenvalue weighted by Gasteiger charge is 2.24. The van der Waals surface area contributed by atoms with E-state index in [4.69, 9.17) is 4.74 Å². The van der Waals surface area contributed by atoms with E-state index in [0.29, 0.717) is 6.54 Å². The maximum Gasteiger partial charge on any atom is 0.315 e. The van der Waals surface area contributed by atoms with Crippen LogP contribution in [0.5, 0.6) is 5.75 Å². The number of carbonyl (C=O) groups is 1. The quantitative estimate of drug-likeness (QED) is 0.729. The van der Waals surface area contributed by atoms with Gasteiger partial charge in [-0.25, -0.2) is 4.79 Å². The Labute approximate surface area is 140 Å². The topological polar surface area (TPSA) is 70.6 Å². The van der Waals surface area contributed by atoms with Crippen LogP contribution in [0.4, 0.5) is 4.79 Å². The molecule has 3 N–H and O–H groups in total. The van der Waals surface area contributed by atoms with Crippen LogP contribution in [0.15, 0.2) is 47.8 Å². The maximum absolute atomic E-state index is 11.8. The number of thiophene rings is 1. The van der Waals surface area contributed by atoms with E-state index in [-0.39, 0.29) is 18.7 Å². The number of para-hydroxylation sites is 1. The van der Waals surface area contributed by atoms with Gasteiger partial charge in [0.05, 0.1) is 13.1 Å². The van der Waals surface area contributed by atoms with Crippen LogP contribution in [-0.2, 0) is 5.60 Å². The lowest BCUT2D eigenvalue weighted by Crippen LogP contribution is -2.45. The lowest BCUT2D eigenvalue weighted by atomic mass is 10.1. The number of carbonyl (C=O) groups excluding carboxylic acids is 1. The van der Waals surface area contributed by atoms with Crippen LogP contribution in [0.2, 0.25) is 0 Å². The molecule has 0 radical (unpaired) electrons. The number of rotatable bonds is 7. The largest absolute Gasteiger partial charge is 0.489 e. The van der Waals surface area contributed by atoms with Crippen molar-refractivity contribution in [1.82, 2.24) is 10.6 Å². The van der Waals surface area contributed by atoms with Gasteiger partial charge in [-0.3, -0.25) is 0 Å². The van der Waals surface area contributed by atoms with Gasteiger partial charge in [-0.15, -0.1) is 11.3 Å². The highest BCUT2D eigenvalue weighted by Crippen LogP contribution is 2.24. The van der Waals surface area contributed by atoms with Gasteiger partial charge < -0.3 is 20.5 Å². The zero-order valence-electron chi connectivity index (χ0n) is 13.3. The van der Waals surface area contributed by atoms with Crippen LogP contribution < -0.4 is 15.4 Å². The molecule has 1 aromatic heterocycles. The van der Waals surface area contributed by atoms with Gasteiger partial charge in [0.1, 0.15) is 17.5 Å². The normalized spacial score (nSPS) is 14.6. The molecule has 2 amide bonds. The van der Waals surface area contributed by atoms with Crippen LogP contribution in [-0.4, -0.2) is 30.3 Å². The van der Waals surface area contributed by atoms with E-state index < -0.39 is 5.60 Å². The van der Waals surface area contributed by atoms with Crippen molar-refractivity contribution < 1.29 is 14.6 Å². The monoisotopic (exact) mass is 334 g/mol. The molecular weight excluding hydrogens is 312 g/mol. The molecule has 2 atom stereocenters. The summed E-state index contributed by atoms with van der Waals surface area (Å²) < 4.78 is 5.68. The zero-order valence-corrected chi connectivity index (χ0v) is 14.1. The molecule has 124 valence electrons. The van der Waals surface area contributed by atoms with Crippen molar-refractivity contribution in [1.29, 1.82) is 0 Å². The van der Waals surface area contributed by atoms with Crippen LogP contribution in [0.25, 0.3) is 0 Å². The first-order chi connectivity index (χ1) is 11.0. The standard InChI is InChI=1S/C17H22N2O3S/c1-13(22-14-7-4-3-5-8-14)11-18-16(20)19-12-17(2,21)15-9-6-10-23-15/h3-10,13,21H,11-12H2,1-2H3,(H2,18,19,20). The third-order valence-corrected chi connectivity index (χ3v) is 4.40. The Kier molecular flexibility index (Phi) is 6.01. The summed E-state index contributed by atoms with van der Waals surface area (Å²) in [4.78, 5) is 12.6. The SMILES string of the molecule is CC(CNC(=O)NCC(C)(O)c1cccs1)Oc1ccccc1. The van der Waals surface area contributed by atoms with Gasteiger partial charge in [0.15, 0.2) is 0 Å². The minimum Gasteiger partial charge on any atom is -0.489 e. The van der Waals surface area contributed by atoms with Gasteiger partial charge in [0.2, 0.25) is 0 Å². The summed E-state index contributed by atoms with van der Waals surface area (Å²) in [6, 6.07) is 12.8. The molecule has 0 bridgehead atoms. The Bertz CT molecular complexity index is 600. The minimum absolute atomic E-state index is 0.146. The Morgan fingerprint density at radius 2 is 2.00 bits per heavy atom. The molecule has 5 nitrogen and oxygen atoms in total. The predicted octanol–water partition coefficient (Wildman–Crippen LogP) is 2.72. The summed E-state index contributed by atoms with van der Waals surface area (Å²) in [5.74, 6) is 0.767. The molecule has 0 aliphatic carbocycles. The van der Waals surface area contributed by atoms with E-state index >= 15 is 0 Å². The fourth-order valence-corrected chi connectivity index (χ4v) is 2.78. The Morgan fingerprint density at radius 3 is 2.65 bits per heavy atom. The molecule has 0 aliphatic rings. The average molecular weight is 334 g/mol. The van der Waals surface area contributed by atoms with Crippen LogP contribution in [0.3, 0.4) is 0 Å². The Morgan fingerprint density at radius 1 is 1.26 bits per heavy atom. The van der Waals surface area contributed by atoms with E-state index in [1.807, 2.05) is 54.8 Å². The lowest BCUT2D eigenvalue weighted by molar-refractivity contribution is 0.0630. The summed E-state index contributed by atoms with van der Waals surface area (Å²) in [5, 5.41) is 17.7. The molecule has 2 rings (SSSR count). The fourth-order valence-electron chi connectivity index (χ4n) is 2.00. The smallest absolute Gasteiger partial charge is 0.315 e. The summed E-state index contributed by atoms with van der Waals surface area (Å²) in [6.45, 7) is 4.09. The molecule has 0 saturated heterocycles. The van der Waals surface area contributed by atoms with Crippen LogP contribution in [0.1, 0.15) is 18.7 Å². The van der Waals surface area contributed by atoms with E-state index in [9.17, 15) is 9.90 Å².